The number of rotatable bonds is 5. The van der Waals surface area contributed by atoms with Gasteiger partial charge in [0.25, 0.3) is 0 Å². The van der Waals surface area contributed by atoms with Gasteiger partial charge in [0.1, 0.15) is 11.2 Å². The van der Waals surface area contributed by atoms with E-state index < -0.39 is 0 Å². The fourth-order valence-corrected chi connectivity index (χ4v) is 7.28. The number of benzene rings is 7. The van der Waals surface area contributed by atoms with Gasteiger partial charge in [-0.3, -0.25) is 4.57 Å². The first-order valence-electron chi connectivity index (χ1n) is 17.2. The van der Waals surface area contributed by atoms with Crippen LogP contribution >= 0.6 is 0 Å². The topological polar surface area (TPSA) is 43.6 Å². The third kappa shape index (κ3) is 5.04. The van der Waals surface area contributed by atoms with Gasteiger partial charge in [-0.15, -0.1) is 0 Å². The minimum Gasteiger partial charge on any atom is -0.292 e. The maximum Gasteiger partial charge on any atom is 0.178 e. The van der Waals surface area contributed by atoms with Crippen molar-refractivity contribution in [1.82, 2.24) is 19.5 Å². The summed E-state index contributed by atoms with van der Waals surface area (Å²) < 4.78 is 2.29. The van der Waals surface area contributed by atoms with Crippen molar-refractivity contribution < 1.29 is 0 Å². The average Bonchev–Trinajstić information content (AvgIpc) is 3.52. The summed E-state index contributed by atoms with van der Waals surface area (Å²) in [6.07, 6.45) is 1.78. The van der Waals surface area contributed by atoms with Crippen molar-refractivity contribution in [3.63, 3.8) is 0 Å². The quantitative estimate of drug-likeness (QED) is 0.186. The van der Waals surface area contributed by atoms with Gasteiger partial charge in [-0.05, 0) is 80.6 Å². The molecular weight excluding hydrogens is 621 g/mol. The molecule has 0 atom stereocenters. The number of aromatic nitrogens is 4. The molecule has 4 nitrogen and oxygen atoms in total. The second-order valence-corrected chi connectivity index (χ2v) is 12.9. The average molecular weight is 651 g/mol. The van der Waals surface area contributed by atoms with Crippen molar-refractivity contribution in [3.05, 3.63) is 182 Å². The molecule has 0 fully saturated rings. The Hall–Kier alpha value is -6.91. The van der Waals surface area contributed by atoms with Crippen LogP contribution in [0.1, 0.15) is 0 Å². The van der Waals surface area contributed by atoms with Crippen LogP contribution in [0.3, 0.4) is 0 Å². The Morgan fingerprint density at radius 2 is 0.902 bits per heavy atom. The molecule has 10 aromatic rings. The van der Waals surface area contributed by atoms with Crippen LogP contribution in [0.4, 0.5) is 0 Å². The van der Waals surface area contributed by atoms with E-state index in [9.17, 15) is 0 Å². The predicted octanol–water partition coefficient (Wildman–Crippen LogP) is 11.9. The molecule has 0 aliphatic heterocycles. The third-order valence-electron chi connectivity index (χ3n) is 9.86. The Labute approximate surface area is 295 Å². The van der Waals surface area contributed by atoms with Crippen molar-refractivity contribution in [3.8, 4) is 50.5 Å². The summed E-state index contributed by atoms with van der Waals surface area (Å²) in [5, 5.41) is 4.71. The van der Waals surface area contributed by atoms with Gasteiger partial charge in [0.05, 0.1) is 11.0 Å². The van der Waals surface area contributed by atoms with Gasteiger partial charge in [0.2, 0.25) is 0 Å². The summed E-state index contributed by atoms with van der Waals surface area (Å²) in [6.45, 7) is 0. The molecule has 0 radical (unpaired) electrons. The minimum atomic E-state index is 0.621. The Morgan fingerprint density at radius 1 is 0.373 bits per heavy atom. The van der Waals surface area contributed by atoms with Gasteiger partial charge in [0, 0.05) is 22.5 Å². The molecule has 0 bridgehead atoms. The molecule has 4 heteroatoms. The van der Waals surface area contributed by atoms with E-state index in [4.69, 9.17) is 9.97 Å². The molecule has 0 aliphatic carbocycles. The van der Waals surface area contributed by atoms with E-state index in [0.29, 0.717) is 5.65 Å². The maximum atomic E-state index is 5.31. The molecule has 238 valence electrons. The van der Waals surface area contributed by atoms with Crippen LogP contribution in [-0.2, 0) is 0 Å². The molecule has 0 N–H and O–H groups in total. The van der Waals surface area contributed by atoms with Crippen LogP contribution in [0.25, 0.3) is 94.2 Å². The van der Waals surface area contributed by atoms with Crippen LogP contribution in [0, 0.1) is 0 Å². The van der Waals surface area contributed by atoms with E-state index in [-0.39, 0.29) is 0 Å². The van der Waals surface area contributed by atoms with Crippen LogP contribution in [-0.4, -0.2) is 19.5 Å². The highest BCUT2D eigenvalue weighted by Gasteiger charge is 2.21. The molecule has 51 heavy (non-hydrogen) atoms. The Morgan fingerprint density at radius 3 is 1.57 bits per heavy atom. The second kappa shape index (κ2) is 11.9. The number of hydrogen-bond acceptors (Lipinski definition) is 3. The molecular formula is C47H30N4. The largest absolute Gasteiger partial charge is 0.292 e. The van der Waals surface area contributed by atoms with Crippen molar-refractivity contribution in [1.29, 1.82) is 0 Å². The first kappa shape index (κ1) is 29.0. The SMILES string of the molecule is c1ccc(-c2ccc(-c3ccc4c(c3)c3cc5ccccc5cc3n4-c3nc4cccnc4nc3-c3ccc(-c4ccccc4)cc3)cc2)cc1. The lowest BCUT2D eigenvalue weighted by molar-refractivity contribution is 1.07. The van der Waals surface area contributed by atoms with Crippen LogP contribution in [0.5, 0.6) is 0 Å². The fourth-order valence-electron chi connectivity index (χ4n) is 7.28. The summed E-state index contributed by atoms with van der Waals surface area (Å²) in [7, 11) is 0. The summed E-state index contributed by atoms with van der Waals surface area (Å²) in [6, 6.07) is 62.3. The van der Waals surface area contributed by atoms with Crippen molar-refractivity contribution >= 4 is 43.7 Å². The highest BCUT2D eigenvalue weighted by atomic mass is 15.1. The van der Waals surface area contributed by atoms with E-state index in [1.54, 1.807) is 6.20 Å². The number of pyridine rings is 1. The van der Waals surface area contributed by atoms with Gasteiger partial charge in [0.15, 0.2) is 11.5 Å². The first-order valence-corrected chi connectivity index (χ1v) is 17.2. The molecule has 0 saturated heterocycles. The molecule has 0 amide bonds. The standard InChI is InChI=1S/C47H30N4/c1-3-10-31(11-4-1)33-17-19-35(20-18-33)39-25-26-43-40(29-39)41-28-37-14-7-8-15-38(37)30-44(41)51(43)47-45(50-46-42(49-47)16-9-27-48-46)36-23-21-34(22-24-36)32-12-5-2-6-13-32/h1-30H. The van der Waals surface area contributed by atoms with Crippen LogP contribution < -0.4 is 0 Å². The van der Waals surface area contributed by atoms with Gasteiger partial charge >= 0.3 is 0 Å². The van der Waals surface area contributed by atoms with Gasteiger partial charge in [-0.2, -0.15) is 0 Å². The molecule has 0 spiro atoms. The van der Waals surface area contributed by atoms with E-state index in [1.807, 2.05) is 18.2 Å². The molecule has 0 unspecified atom stereocenters. The lowest BCUT2D eigenvalue weighted by Crippen LogP contribution is -2.04. The third-order valence-corrected chi connectivity index (χ3v) is 9.86. The Bertz CT molecular complexity index is 2880. The van der Waals surface area contributed by atoms with Gasteiger partial charge in [-0.25, -0.2) is 15.0 Å². The molecule has 0 aliphatic rings. The molecule has 10 rings (SSSR count). The highest BCUT2D eigenvalue weighted by Crippen LogP contribution is 2.39. The summed E-state index contributed by atoms with van der Waals surface area (Å²) >= 11 is 0. The molecule has 0 saturated carbocycles. The maximum absolute atomic E-state index is 5.31. The van der Waals surface area contributed by atoms with Crippen LogP contribution in [0.2, 0.25) is 0 Å². The van der Waals surface area contributed by atoms with E-state index in [0.717, 1.165) is 39.2 Å². The first-order chi connectivity index (χ1) is 25.3. The number of hydrogen-bond donors (Lipinski definition) is 0. The smallest absolute Gasteiger partial charge is 0.178 e. The van der Waals surface area contributed by atoms with E-state index in [1.165, 1.54) is 49.4 Å². The summed E-state index contributed by atoms with van der Waals surface area (Å²) in [5.41, 5.74) is 12.4. The molecule has 7 aromatic carbocycles. The zero-order chi connectivity index (χ0) is 33.7. The Kier molecular flexibility index (Phi) is 6.78. The molecule has 3 aromatic heterocycles. The van der Waals surface area contributed by atoms with Crippen molar-refractivity contribution in [2.45, 2.75) is 0 Å². The van der Waals surface area contributed by atoms with Gasteiger partial charge < -0.3 is 0 Å². The summed E-state index contributed by atoms with van der Waals surface area (Å²) in [5.74, 6) is 0.776. The number of nitrogens with zero attached hydrogens (tertiary/aromatic N) is 4. The fraction of sp³-hybridized carbons (Fsp3) is 0. The zero-order valence-electron chi connectivity index (χ0n) is 27.6. The normalized spacial score (nSPS) is 11.5. The lowest BCUT2D eigenvalue weighted by Gasteiger charge is -2.14. The van der Waals surface area contributed by atoms with Crippen LogP contribution in [0.15, 0.2) is 182 Å². The van der Waals surface area contributed by atoms with Gasteiger partial charge in [-0.1, -0.05) is 140 Å². The highest BCUT2D eigenvalue weighted by molar-refractivity contribution is 6.14. The minimum absolute atomic E-state index is 0.621. The second-order valence-electron chi connectivity index (χ2n) is 12.9. The molecule has 3 heterocycles. The van der Waals surface area contributed by atoms with E-state index in [2.05, 4.69) is 167 Å². The Balaban J connectivity index is 1.20. The van der Waals surface area contributed by atoms with E-state index >= 15 is 0 Å². The predicted molar refractivity (Wildman–Crippen MR) is 211 cm³/mol. The lowest BCUT2D eigenvalue weighted by atomic mass is 9.99. The monoisotopic (exact) mass is 650 g/mol. The zero-order valence-corrected chi connectivity index (χ0v) is 27.6. The summed E-state index contributed by atoms with van der Waals surface area (Å²) in [4.78, 5) is 15.1. The number of fused-ring (bicyclic) bond motifs is 5. The van der Waals surface area contributed by atoms with Crippen molar-refractivity contribution in [2.75, 3.05) is 0 Å². The van der Waals surface area contributed by atoms with Crippen molar-refractivity contribution in [2.24, 2.45) is 0 Å².